The first-order valence-electron chi connectivity index (χ1n) is 8.03. The summed E-state index contributed by atoms with van der Waals surface area (Å²) in [5.41, 5.74) is 1.22. The molecule has 0 radical (unpaired) electrons. The summed E-state index contributed by atoms with van der Waals surface area (Å²) in [6.07, 6.45) is 3.64. The van der Waals surface area contributed by atoms with Crippen molar-refractivity contribution < 1.29 is 14.2 Å². The Kier molecular flexibility index (Phi) is 4.99. The van der Waals surface area contributed by atoms with E-state index in [1.807, 2.05) is 6.07 Å². The topological polar surface area (TPSA) is 39.7 Å². The van der Waals surface area contributed by atoms with Crippen LogP contribution in [0.3, 0.4) is 0 Å². The second kappa shape index (κ2) is 7.14. The molecule has 1 aliphatic heterocycles. The van der Waals surface area contributed by atoms with Crippen molar-refractivity contribution in [3.8, 4) is 11.5 Å². The molecule has 1 aromatic rings. The van der Waals surface area contributed by atoms with Gasteiger partial charge in [0.15, 0.2) is 11.5 Å². The van der Waals surface area contributed by atoms with Gasteiger partial charge in [0, 0.05) is 25.6 Å². The first-order valence-corrected chi connectivity index (χ1v) is 8.03. The van der Waals surface area contributed by atoms with Gasteiger partial charge >= 0.3 is 0 Å². The number of fused-ring (bicyclic) bond motifs is 1. The van der Waals surface area contributed by atoms with Crippen LogP contribution in [0.4, 0.5) is 0 Å². The van der Waals surface area contributed by atoms with Gasteiger partial charge in [-0.1, -0.05) is 6.07 Å². The van der Waals surface area contributed by atoms with Gasteiger partial charge in [-0.05, 0) is 43.4 Å². The third kappa shape index (κ3) is 4.35. The van der Waals surface area contributed by atoms with Gasteiger partial charge in [0.25, 0.3) is 0 Å². The van der Waals surface area contributed by atoms with Crippen molar-refractivity contribution in [3.05, 3.63) is 23.8 Å². The molecule has 1 fully saturated rings. The lowest BCUT2D eigenvalue weighted by molar-refractivity contribution is 0.124. The van der Waals surface area contributed by atoms with Gasteiger partial charge in [0.1, 0.15) is 0 Å². The molecule has 1 heterocycles. The third-order valence-electron chi connectivity index (χ3n) is 4.02. The zero-order valence-corrected chi connectivity index (χ0v) is 12.8. The van der Waals surface area contributed by atoms with Crippen LogP contribution in [0.1, 0.15) is 37.8 Å². The number of ether oxygens (including phenoxy) is 3. The molecule has 1 saturated carbocycles. The molecule has 0 aromatic heterocycles. The normalized spacial score (nSPS) is 19.1. The monoisotopic (exact) mass is 291 g/mol. The molecule has 3 rings (SSSR count). The molecular formula is C17H25NO3. The molecule has 0 spiro atoms. The number of hydrogen-bond donors (Lipinski definition) is 1. The minimum Gasteiger partial charge on any atom is -0.490 e. The van der Waals surface area contributed by atoms with Gasteiger partial charge in [0.05, 0.1) is 19.8 Å². The minimum absolute atomic E-state index is 0.284. The molecule has 116 valence electrons. The van der Waals surface area contributed by atoms with Crippen molar-refractivity contribution in [2.75, 3.05) is 33.0 Å². The molecule has 1 atom stereocenters. The van der Waals surface area contributed by atoms with Crippen LogP contribution in [0, 0.1) is 5.92 Å². The SMILES string of the molecule is CC(NCCOCC1CC1)c1ccc2c(c1)OCCCO2. The summed E-state index contributed by atoms with van der Waals surface area (Å²) < 4.78 is 17.0. The molecule has 4 heteroatoms. The molecule has 1 N–H and O–H groups in total. The van der Waals surface area contributed by atoms with E-state index in [4.69, 9.17) is 14.2 Å². The summed E-state index contributed by atoms with van der Waals surface area (Å²) in [5, 5.41) is 3.49. The number of nitrogens with one attached hydrogen (secondary N) is 1. The third-order valence-corrected chi connectivity index (χ3v) is 4.02. The Morgan fingerprint density at radius 1 is 1.24 bits per heavy atom. The quantitative estimate of drug-likeness (QED) is 0.784. The van der Waals surface area contributed by atoms with Gasteiger partial charge in [-0.25, -0.2) is 0 Å². The zero-order valence-electron chi connectivity index (χ0n) is 12.8. The Balaban J connectivity index is 1.46. The van der Waals surface area contributed by atoms with Gasteiger partial charge in [-0.15, -0.1) is 0 Å². The maximum atomic E-state index is 5.74. The fourth-order valence-corrected chi connectivity index (χ4v) is 2.45. The van der Waals surface area contributed by atoms with Crippen LogP contribution in [-0.4, -0.2) is 33.0 Å². The molecule has 0 bridgehead atoms. The second-order valence-electron chi connectivity index (χ2n) is 5.95. The molecule has 2 aliphatic rings. The van der Waals surface area contributed by atoms with E-state index in [1.54, 1.807) is 0 Å². The van der Waals surface area contributed by atoms with Crippen molar-refractivity contribution in [2.24, 2.45) is 5.92 Å². The number of benzene rings is 1. The summed E-state index contributed by atoms with van der Waals surface area (Å²) in [5.74, 6) is 2.56. The van der Waals surface area contributed by atoms with E-state index < -0.39 is 0 Å². The van der Waals surface area contributed by atoms with Crippen LogP contribution >= 0.6 is 0 Å². The van der Waals surface area contributed by atoms with Crippen LogP contribution in [0.25, 0.3) is 0 Å². The fraction of sp³-hybridized carbons (Fsp3) is 0.647. The van der Waals surface area contributed by atoms with E-state index in [0.717, 1.165) is 56.8 Å². The average Bonchev–Trinajstić information content (AvgIpc) is 3.32. The molecule has 4 nitrogen and oxygen atoms in total. The van der Waals surface area contributed by atoms with E-state index in [-0.39, 0.29) is 6.04 Å². The summed E-state index contributed by atoms with van der Waals surface area (Å²) in [7, 11) is 0. The maximum absolute atomic E-state index is 5.74. The van der Waals surface area contributed by atoms with Crippen LogP contribution < -0.4 is 14.8 Å². The molecule has 0 amide bonds. The zero-order chi connectivity index (χ0) is 14.5. The van der Waals surface area contributed by atoms with Crippen LogP contribution in [-0.2, 0) is 4.74 Å². The molecule has 1 aliphatic carbocycles. The highest BCUT2D eigenvalue weighted by atomic mass is 16.5. The van der Waals surface area contributed by atoms with E-state index in [0.29, 0.717) is 0 Å². The standard InChI is InChI=1S/C17H25NO3/c1-13(18-7-10-19-12-14-3-4-14)15-5-6-16-17(11-15)21-9-2-8-20-16/h5-6,11,13-14,18H,2-4,7-10,12H2,1H3. The second-order valence-corrected chi connectivity index (χ2v) is 5.95. The summed E-state index contributed by atoms with van der Waals surface area (Å²) >= 11 is 0. The number of rotatable bonds is 7. The van der Waals surface area contributed by atoms with Crippen molar-refractivity contribution in [1.29, 1.82) is 0 Å². The van der Waals surface area contributed by atoms with Crippen molar-refractivity contribution >= 4 is 0 Å². The van der Waals surface area contributed by atoms with Crippen molar-refractivity contribution in [3.63, 3.8) is 0 Å². The first kappa shape index (κ1) is 14.7. The fourth-order valence-electron chi connectivity index (χ4n) is 2.45. The summed E-state index contributed by atoms with van der Waals surface area (Å²) in [6, 6.07) is 6.49. The van der Waals surface area contributed by atoms with Gasteiger partial charge in [-0.2, -0.15) is 0 Å². The van der Waals surface area contributed by atoms with E-state index in [1.165, 1.54) is 18.4 Å². The van der Waals surface area contributed by atoms with Gasteiger partial charge in [0.2, 0.25) is 0 Å². The smallest absolute Gasteiger partial charge is 0.161 e. The molecule has 1 aromatic carbocycles. The molecule has 0 saturated heterocycles. The average molecular weight is 291 g/mol. The molecule has 21 heavy (non-hydrogen) atoms. The Morgan fingerprint density at radius 2 is 2.05 bits per heavy atom. The predicted molar refractivity (Wildman–Crippen MR) is 82.0 cm³/mol. The van der Waals surface area contributed by atoms with Crippen LogP contribution in [0.5, 0.6) is 11.5 Å². The molecular weight excluding hydrogens is 266 g/mol. The van der Waals surface area contributed by atoms with Crippen LogP contribution in [0.2, 0.25) is 0 Å². The van der Waals surface area contributed by atoms with E-state index in [2.05, 4.69) is 24.4 Å². The van der Waals surface area contributed by atoms with Crippen molar-refractivity contribution in [2.45, 2.75) is 32.2 Å². The number of hydrogen-bond acceptors (Lipinski definition) is 4. The summed E-state index contributed by atoms with van der Waals surface area (Å²) in [4.78, 5) is 0. The minimum atomic E-state index is 0.284. The summed E-state index contributed by atoms with van der Waals surface area (Å²) in [6.45, 7) is 6.22. The van der Waals surface area contributed by atoms with E-state index in [9.17, 15) is 0 Å². The van der Waals surface area contributed by atoms with Crippen molar-refractivity contribution in [1.82, 2.24) is 5.32 Å². The van der Waals surface area contributed by atoms with Gasteiger partial charge in [-0.3, -0.25) is 0 Å². The predicted octanol–water partition coefficient (Wildman–Crippen LogP) is 2.93. The lowest BCUT2D eigenvalue weighted by Crippen LogP contribution is -2.23. The first-order chi connectivity index (χ1) is 10.3. The van der Waals surface area contributed by atoms with Gasteiger partial charge < -0.3 is 19.5 Å². The Morgan fingerprint density at radius 3 is 2.86 bits per heavy atom. The van der Waals surface area contributed by atoms with E-state index >= 15 is 0 Å². The highest BCUT2D eigenvalue weighted by molar-refractivity contribution is 5.44. The highest BCUT2D eigenvalue weighted by Crippen LogP contribution is 2.32. The Bertz CT molecular complexity index is 459. The van der Waals surface area contributed by atoms with Crippen LogP contribution in [0.15, 0.2) is 18.2 Å². The highest BCUT2D eigenvalue weighted by Gasteiger charge is 2.21. The Labute approximate surface area is 126 Å². The molecule has 1 unspecified atom stereocenters. The lowest BCUT2D eigenvalue weighted by Gasteiger charge is -2.16. The maximum Gasteiger partial charge on any atom is 0.161 e. The lowest BCUT2D eigenvalue weighted by atomic mass is 10.1. The largest absolute Gasteiger partial charge is 0.490 e. The Hall–Kier alpha value is -1.26.